The van der Waals surface area contributed by atoms with Gasteiger partial charge in [-0.15, -0.1) is 0 Å². The average Bonchev–Trinajstić information content (AvgIpc) is 3.22. The summed E-state index contributed by atoms with van der Waals surface area (Å²) < 4.78 is 10.6. The van der Waals surface area contributed by atoms with E-state index in [0.717, 1.165) is 44.0 Å². The van der Waals surface area contributed by atoms with Crippen molar-refractivity contribution in [2.45, 2.75) is 0 Å². The highest BCUT2D eigenvalue weighted by molar-refractivity contribution is 6.16. The predicted octanol–water partition coefficient (Wildman–Crippen LogP) is 4.05. The summed E-state index contributed by atoms with van der Waals surface area (Å²) in [7, 11) is 3.00. The Bertz CT molecular complexity index is 1340. The minimum Gasteiger partial charge on any atom is -0.502 e. The molecule has 7 nitrogen and oxygen atoms in total. The molecule has 0 aliphatic rings. The summed E-state index contributed by atoms with van der Waals surface area (Å²) in [6, 6.07) is 11.5. The Hall–Kier alpha value is -3.87. The normalized spacial score (nSPS) is 11.4. The molecule has 0 atom stereocenters. The maximum Gasteiger partial charge on any atom is 0.200 e. The predicted molar refractivity (Wildman–Crippen MR) is 107 cm³/mol. The number of phenols is 1. The lowest BCUT2D eigenvalue weighted by molar-refractivity contribution is 0.340. The van der Waals surface area contributed by atoms with Gasteiger partial charge in [0.05, 0.1) is 42.8 Å². The standard InChI is InChI=1S/C21H16N4O3/c1-27-16-7-11(8-17(28-2)21(16)26)18-14-4-3-13-12(19(14)24-10-23-18)5-6-15-20(13)25-9-22-15/h3-10,26H,1-2H3,(H,22,25). The monoisotopic (exact) mass is 372 g/mol. The number of benzene rings is 3. The molecule has 0 unspecified atom stereocenters. The van der Waals surface area contributed by atoms with E-state index in [0.29, 0.717) is 11.5 Å². The second kappa shape index (κ2) is 6.09. The van der Waals surface area contributed by atoms with Gasteiger partial charge >= 0.3 is 0 Å². The SMILES string of the molecule is COc1cc(-c2ncnc3c2ccc2c3ccc3[nH]cnc32)cc(OC)c1O. The fourth-order valence-electron chi connectivity index (χ4n) is 3.60. The highest BCUT2D eigenvalue weighted by Crippen LogP contribution is 2.41. The first-order chi connectivity index (χ1) is 13.7. The molecule has 3 aromatic carbocycles. The van der Waals surface area contributed by atoms with Gasteiger partial charge in [-0.1, -0.05) is 6.07 Å². The third-order valence-corrected chi connectivity index (χ3v) is 4.94. The van der Waals surface area contributed by atoms with E-state index >= 15 is 0 Å². The van der Waals surface area contributed by atoms with E-state index in [4.69, 9.17) is 9.47 Å². The average molecular weight is 372 g/mol. The number of H-pyrrole nitrogens is 1. The zero-order valence-electron chi connectivity index (χ0n) is 15.2. The van der Waals surface area contributed by atoms with Crippen LogP contribution < -0.4 is 9.47 Å². The molecule has 0 saturated carbocycles. The van der Waals surface area contributed by atoms with Crippen molar-refractivity contribution in [3.63, 3.8) is 0 Å². The molecule has 0 saturated heterocycles. The minimum absolute atomic E-state index is 0.0431. The fraction of sp³-hybridized carbons (Fsp3) is 0.0952. The van der Waals surface area contributed by atoms with Crippen LogP contribution in [-0.2, 0) is 0 Å². The van der Waals surface area contributed by atoms with Crippen LogP contribution in [0.2, 0.25) is 0 Å². The van der Waals surface area contributed by atoms with Crippen molar-refractivity contribution in [1.29, 1.82) is 0 Å². The molecule has 0 amide bonds. The van der Waals surface area contributed by atoms with E-state index in [-0.39, 0.29) is 5.75 Å². The van der Waals surface area contributed by atoms with E-state index in [2.05, 4.69) is 19.9 Å². The number of hydrogen-bond donors (Lipinski definition) is 2. The number of rotatable bonds is 3. The molecule has 2 heterocycles. The zero-order valence-corrected chi connectivity index (χ0v) is 15.2. The van der Waals surface area contributed by atoms with Crippen LogP contribution in [0, 0.1) is 0 Å². The first kappa shape index (κ1) is 16.3. The van der Waals surface area contributed by atoms with Crippen molar-refractivity contribution in [2.24, 2.45) is 0 Å². The van der Waals surface area contributed by atoms with Gasteiger partial charge in [-0.05, 0) is 30.3 Å². The number of phenolic OH excluding ortho intramolecular Hbond substituents is 1. The van der Waals surface area contributed by atoms with Gasteiger partial charge in [-0.2, -0.15) is 0 Å². The van der Waals surface area contributed by atoms with Crippen molar-refractivity contribution in [3.05, 3.63) is 49.1 Å². The Morgan fingerprint density at radius 2 is 1.50 bits per heavy atom. The second-order valence-electron chi connectivity index (χ2n) is 6.37. The largest absolute Gasteiger partial charge is 0.502 e. The Balaban J connectivity index is 1.83. The number of nitrogens with zero attached hydrogens (tertiary/aromatic N) is 3. The fourth-order valence-corrected chi connectivity index (χ4v) is 3.60. The third kappa shape index (κ3) is 2.26. The second-order valence-corrected chi connectivity index (χ2v) is 6.37. The molecule has 2 N–H and O–H groups in total. The van der Waals surface area contributed by atoms with E-state index < -0.39 is 0 Å². The number of methoxy groups -OCH3 is 2. The number of hydrogen-bond acceptors (Lipinski definition) is 6. The van der Waals surface area contributed by atoms with E-state index in [1.807, 2.05) is 24.3 Å². The summed E-state index contributed by atoms with van der Waals surface area (Å²) in [5.74, 6) is 0.596. The lowest BCUT2D eigenvalue weighted by Crippen LogP contribution is -1.94. The molecule has 5 rings (SSSR count). The summed E-state index contributed by atoms with van der Waals surface area (Å²) in [6.07, 6.45) is 3.23. The molecule has 0 radical (unpaired) electrons. The molecule has 0 spiro atoms. The molecule has 5 aromatic rings. The Morgan fingerprint density at radius 3 is 2.25 bits per heavy atom. The number of fused-ring (bicyclic) bond motifs is 5. The molecule has 7 heteroatoms. The lowest BCUT2D eigenvalue weighted by atomic mass is 10.0. The molecule has 0 aliphatic carbocycles. The van der Waals surface area contributed by atoms with Crippen LogP contribution in [0.5, 0.6) is 17.2 Å². The Kier molecular flexibility index (Phi) is 3.55. The minimum atomic E-state index is -0.0431. The number of aromatic hydroxyl groups is 1. The summed E-state index contributed by atoms with van der Waals surface area (Å²) >= 11 is 0. The molecule has 0 aliphatic heterocycles. The van der Waals surface area contributed by atoms with Gasteiger partial charge in [0, 0.05) is 21.7 Å². The van der Waals surface area contributed by atoms with Gasteiger partial charge in [0.1, 0.15) is 6.33 Å². The van der Waals surface area contributed by atoms with E-state index in [1.54, 1.807) is 18.5 Å². The molecule has 28 heavy (non-hydrogen) atoms. The molecular formula is C21H16N4O3. The summed E-state index contributed by atoms with van der Waals surface area (Å²) in [5.41, 5.74) is 4.21. The zero-order chi connectivity index (χ0) is 19.3. The maximum atomic E-state index is 10.2. The number of aromatic nitrogens is 4. The van der Waals surface area contributed by atoms with Gasteiger partial charge in [0.15, 0.2) is 11.5 Å². The van der Waals surface area contributed by atoms with Gasteiger partial charge in [0.25, 0.3) is 0 Å². The molecule has 138 valence electrons. The first-order valence-electron chi connectivity index (χ1n) is 8.66. The molecule has 0 bridgehead atoms. The number of nitrogens with one attached hydrogen (secondary N) is 1. The molecule has 0 fully saturated rings. The van der Waals surface area contributed by atoms with Crippen molar-refractivity contribution in [2.75, 3.05) is 14.2 Å². The number of ether oxygens (including phenoxy) is 2. The quantitative estimate of drug-likeness (QED) is 0.464. The summed E-state index contributed by atoms with van der Waals surface area (Å²) in [4.78, 5) is 16.6. The van der Waals surface area contributed by atoms with Crippen LogP contribution in [-0.4, -0.2) is 39.3 Å². The van der Waals surface area contributed by atoms with Crippen molar-refractivity contribution >= 4 is 32.7 Å². The van der Waals surface area contributed by atoms with Crippen LogP contribution in [0.25, 0.3) is 44.0 Å². The van der Waals surface area contributed by atoms with Crippen LogP contribution in [0.3, 0.4) is 0 Å². The smallest absolute Gasteiger partial charge is 0.200 e. The maximum absolute atomic E-state index is 10.2. The van der Waals surface area contributed by atoms with E-state index in [1.165, 1.54) is 20.5 Å². The molecule has 2 aromatic heterocycles. The molecular weight excluding hydrogens is 356 g/mol. The van der Waals surface area contributed by atoms with Crippen molar-refractivity contribution in [3.8, 4) is 28.5 Å². The van der Waals surface area contributed by atoms with Crippen LogP contribution in [0.1, 0.15) is 0 Å². The third-order valence-electron chi connectivity index (χ3n) is 4.94. The van der Waals surface area contributed by atoms with Gasteiger partial charge < -0.3 is 19.6 Å². The van der Waals surface area contributed by atoms with Crippen molar-refractivity contribution < 1.29 is 14.6 Å². The first-order valence-corrected chi connectivity index (χ1v) is 8.66. The highest BCUT2D eigenvalue weighted by atomic mass is 16.5. The highest BCUT2D eigenvalue weighted by Gasteiger charge is 2.16. The van der Waals surface area contributed by atoms with Gasteiger partial charge in [-0.3, -0.25) is 0 Å². The lowest BCUT2D eigenvalue weighted by Gasteiger charge is -2.12. The van der Waals surface area contributed by atoms with Crippen LogP contribution >= 0.6 is 0 Å². The number of imidazole rings is 1. The topological polar surface area (TPSA) is 93.2 Å². The van der Waals surface area contributed by atoms with Gasteiger partial charge in [-0.25, -0.2) is 15.0 Å². The summed E-state index contributed by atoms with van der Waals surface area (Å²) in [5, 5.41) is 13.1. The van der Waals surface area contributed by atoms with E-state index in [9.17, 15) is 5.11 Å². The Morgan fingerprint density at radius 1 is 0.821 bits per heavy atom. The van der Waals surface area contributed by atoms with Crippen LogP contribution in [0.15, 0.2) is 49.1 Å². The number of aromatic amines is 1. The Labute approximate surface area is 159 Å². The summed E-state index contributed by atoms with van der Waals surface area (Å²) in [6.45, 7) is 0. The van der Waals surface area contributed by atoms with Crippen molar-refractivity contribution in [1.82, 2.24) is 19.9 Å². The van der Waals surface area contributed by atoms with Crippen LogP contribution in [0.4, 0.5) is 0 Å². The van der Waals surface area contributed by atoms with Gasteiger partial charge in [0.2, 0.25) is 5.75 Å².